The largest absolute Gasteiger partial charge is 0.508 e. The van der Waals surface area contributed by atoms with E-state index >= 15 is 0 Å². The smallest absolute Gasteiger partial charge is 0.434 e. The maximum atomic E-state index is 11.3. The Labute approximate surface area is 167 Å². The van der Waals surface area contributed by atoms with Gasteiger partial charge in [-0.05, 0) is 44.9 Å². The number of hydrogen-bond acceptors (Lipinski definition) is 3. The summed E-state index contributed by atoms with van der Waals surface area (Å²) < 4.78 is 10.1. The molecule has 0 aromatic carbocycles. The molecule has 0 aromatic heterocycles. The van der Waals surface area contributed by atoms with Crippen LogP contribution < -0.4 is 0 Å². The first-order valence-electron chi connectivity index (χ1n) is 11.1. The van der Waals surface area contributed by atoms with E-state index in [1.165, 1.54) is 32.1 Å². The molecule has 0 aliphatic carbocycles. The molecule has 0 saturated carbocycles. The van der Waals surface area contributed by atoms with Gasteiger partial charge >= 0.3 is 6.16 Å². The van der Waals surface area contributed by atoms with Crippen molar-refractivity contribution in [3.05, 3.63) is 36.5 Å². The summed E-state index contributed by atoms with van der Waals surface area (Å²) in [7, 11) is 0. The van der Waals surface area contributed by atoms with Crippen molar-refractivity contribution in [2.45, 2.75) is 97.3 Å². The van der Waals surface area contributed by atoms with Crippen LogP contribution in [-0.4, -0.2) is 19.4 Å². The van der Waals surface area contributed by atoms with Crippen LogP contribution in [0.5, 0.6) is 0 Å². The van der Waals surface area contributed by atoms with E-state index in [9.17, 15) is 4.79 Å². The van der Waals surface area contributed by atoms with Gasteiger partial charge < -0.3 is 9.47 Å². The molecule has 0 heterocycles. The van der Waals surface area contributed by atoms with Crippen LogP contribution in [0.3, 0.4) is 0 Å². The molecule has 0 aromatic rings. The number of carbonyl (C=O) groups is 1. The molecule has 0 saturated heterocycles. The first-order chi connectivity index (χ1) is 13.3. The second-order valence-electron chi connectivity index (χ2n) is 6.86. The van der Waals surface area contributed by atoms with Gasteiger partial charge in [-0.1, -0.05) is 88.8 Å². The van der Waals surface area contributed by atoms with Crippen molar-refractivity contribution in [2.75, 3.05) is 13.2 Å². The van der Waals surface area contributed by atoms with Crippen molar-refractivity contribution >= 4 is 6.16 Å². The van der Waals surface area contributed by atoms with Crippen molar-refractivity contribution in [1.29, 1.82) is 0 Å². The molecule has 156 valence electrons. The summed E-state index contributed by atoms with van der Waals surface area (Å²) in [6, 6.07) is 0. The fraction of sp³-hybridized carbons (Fsp3) is 0.708. The van der Waals surface area contributed by atoms with E-state index in [4.69, 9.17) is 9.47 Å². The molecule has 0 unspecified atom stereocenters. The van der Waals surface area contributed by atoms with Gasteiger partial charge in [0.1, 0.15) is 0 Å². The van der Waals surface area contributed by atoms with Crippen LogP contribution in [0.2, 0.25) is 0 Å². The molecule has 0 bridgehead atoms. The minimum Gasteiger partial charge on any atom is -0.434 e. The quantitative estimate of drug-likeness (QED) is 0.138. The highest BCUT2D eigenvalue weighted by molar-refractivity contribution is 5.59. The third-order valence-electron chi connectivity index (χ3n) is 4.23. The Balaban J connectivity index is 3.25. The van der Waals surface area contributed by atoms with Gasteiger partial charge in [-0.15, -0.1) is 0 Å². The predicted octanol–water partition coefficient (Wildman–Crippen LogP) is 7.92. The molecule has 27 heavy (non-hydrogen) atoms. The van der Waals surface area contributed by atoms with Crippen molar-refractivity contribution in [1.82, 2.24) is 0 Å². The zero-order chi connectivity index (χ0) is 19.8. The standard InChI is InChI=1S/C24H42O3/c1-3-5-7-8-9-10-11-12-13-14-15-16-17-18-19-21-23-27-24(25)26-22-20-6-4-2/h5,7,9-10,12-13H,3-4,6,8,11,14-23H2,1-2H3. The molecule has 0 rings (SSSR count). The van der Waals surface area contributed by atoms with E-state index in [-0.39, 0.29) is 0 Å². The fourth-order valence-electron chi connectivity index (χ4n) is 2.60. The molecule has 0 amide bonds. The monoisotopic (exact) mass is 378 g/mol. The van der Waals surface area contributed by atoms with Crippen LogP contribution in [-0.2, 0) is 9.47 Å². The number of unbranched alkanes of at least 4 members (excludes halogenated alkanes) is 8. The van der Waals surface area contributed by atoms with Crippen molar-refractivity contribution in [3.8, 4) is 0 Å². The molecule has 0 fully saturated rings. The van der Waals surface area contributed by atoms with Crippen molar-refractivity contribution in [3.63, 3.8) is 0 Å². The van der Waals surface area contributed by atoms with Crippen LogP contribution >= 0.6 is 0 Å². The van der Waals surface area contributed by atoms with Crippen LogP contribution in [0.25, 0.3) is 0 Å². The second kappa shape index (κ2) is 22.5. The van der Waals surface area contributed by atoms with Gasteiger partial charge in [-0.25, -0.2) is 4.79 Å². The average Bonchev–Trinajstić information content (AvgIpc) is 2.67. The number of ether oxygens (including phenoxy) is 2. The SMILES string of the molecule is CCC=CCC=CCC=CCCCCCCCCOC(=O)OCCCCC. The van der Waals surface area contributed by atoms with Gasteiger partial charge in [0, 0.05) is 0 Å². The lowest BCUT2D eigenvalue weighted by atomic mass is 10.1. The van der Waals surface area contributed by atoms with Crippen LogP contribution in [0.1, 0.15) is 97.3 Å². The molecular weight excluding hydrogens is 336 g/mol. The molecule has 0 aliphatic heterocycles. The van der Waals surface area contributed by atoms with Gasteiger partial charge in [0.2, 0.25) is 0 Å². The fourth-order valence-corrected chi connectivity index (χ4v) is 2.60. The third kappa shape index (κ3) is 22.4. The van der Waals surface area contributed by atoms with Gasteiger partial charge in [-0.2, -0.15) is 0 Å². The van der Waals surface area contributed by atoms with Crippen LogP contribution in [0, 0.1) is 0 Å². The van der Waals surface area contributed by atoms with E-state index in [0.717, 1.165) is 51.4 Å². The lowest BCUT2D eigenvalue weighted by molar-refractivity contribution is 0.0530. The van der Waals surface area contributed by atoms with Crippen LogP contribution in [0.15, 0.2) is 36.5 Å². The maximum Gasteiger partial charge on any atom is 0.508 e. The van der Waals surface area contributed by atoms with Gasteiger partial charge in [0.25, 0.3) is 0 Å². The van der Waals surface area contributed by atoms with Gasteiger partial charge in [0.05, 0.1) is 13.2 Å². The zero-order valence-electron chi connectivity index (χ0n) is 17.8. The lowest BCUT2D eigenvalue weighted by Gasteiger charge is -2.06. The number of allylic oxidation sites excluding steroid dienone is 6. The molecule has 3 heteroatoms. The third-order valence-corrected chi connectivity index (χ3v) is 4.23. The van der Waals surface area contributed by atoms with Crippen molar-refractivity contribution < 1.29 is 14.3 Å². The maximum absolute atomic E-state index is 11.3. The van der Waals surface area contributed by atoms with E-state index in [1.54, 1.807) is 0 Å². The minimum atomic E-state index is -0.509. The molecule has 0 aliphatic rings. The Morgan fingerprint density at radius 3 is 1.78 bits per heavy atom. The van der Waals surface area contributed by atoms with Crippen LogP contribution in [0.4, 0.5) is 4.79 Å². The summed E-state index contributed by atoms with van der Waals surface area (Å²) >= 11 is 0. The second-order valence-corrected chi connectivity index (χ2v) is 6.86. The number of carbonyl (C=O) groups excluding carboxylic acids is 1. The Hall–Kier alpha value is -1.51. The highest BCUT2D eigenvalue weighted by Gasteiger charge is 2.02. The Morgan fingerprint density at radius 1 is 0.630 bits per heavy atom. The van der Waals surface area contributed by atoms with Gasteiger partial charge in [0.15, 0.2) is 0 Å². The zero-order valence-corrected chi connectivity index (χ0v) is 17.8. The predicted molar refractivity (Wildman–Crippen MR) is 116 cm³/mol. The molecule has 0 radical (unpaired) electrons. The summed E-state index contributed by atoms with van der Waals surface area (Å²) in [5.41, 5.74) is 0. The lowest BCUT2D eigenvalue weighted by Crippen LogP contribution is -2.09. The topological polar surface area (TPSA) is 35.5 Å². The number of rotatable bonds is 18. The molecular formula is C24H42O3. The summed E-state index contributed by atoms with van der Waals surface area (Å²) in [6.45, 7) is 5.25. The average molecular weight is 379 g/mol. The molecule has 0 N–H and O–H groups in total. The Morgan fingerprint density at radius 2 is 1.15 bits per heavy atom. The summed E-state index contributed by atoms with van der Waals surface area (Å²) in [5, 5.41) is 0. The van der Waals surface area contributed by atoms with E-state index < -0.39 is 6.16 Å². The Kier molecular flexibility index (Phi) is 21.3. The molecule has 0 spiro atoms. The van der Waals surface area contributed by atoms with Gasteiger partial charge in [-0.3, -0.25) is 0 Å². The Bertz CT molecular complexity index is 396. The van der Waals surface area contributed by atoms with Crippen molar-refractivity contribution in [2.24, 2.45) is 0 Å². The first-order valence-corrected chi connectivity index (χ1v) is 11.1. The summed E-state index contributed by atoms with van der Waals surface area (Å²) in [6.07, 6.45) is 27.5. The number of hydrogen-bond donors (Lipinski definition) is 0. The first kappa shape index (κ1) is 25.5. The van der Waals surface area contributed by atoms with E-state index in [0.29, 0.717) is 13.2 Å². The summed E-state index contributed by atoms with van der Waals surface area (Å²) in [4.78, 5) is 11.3. The normalized spacial score (nSPS) is 11.8. The highest BCUT2D eigenvalue weighted by atomic mass is 16.7. The molecule has 0 atom stereocenters. The highest BCUT2D eigenvalue weighted by Crippen LogP contribution is 2.08. The molecule has 3 nitrogen and oxygen atoms in total. The minimum absolute atomic E-state index is 0.480. The summed E-state index contributed by atoms with van der Waals surface area (Å²) in [5.74, 6) is 0. The van der Waals surface area contributed by atoms with E-state index in [1.807, 2.05) is 0 Å². The van der Waals surface area contributed by atoms with E-state index in [2.05, 4.69) is 50.3 Å².